The van der Waals surface area contributed by atoms with Crippen molar-refractivity contribution >= 4 is 5.97 Å². The summed E-state index contributed by atoms with van der Waals surface area (Å²) in [5.41, 5.74) is 1.86. The Morgan fingerprint density at radius 3 is 2.58 bits per heavy atom. The fraction of sp³-hybridized carbons (Fsp3) is 0.500. The quantitative estimate of drug-likeness (QED) is 0.0776. The number of allylic oxidation sites excluding steroid dienone is 2. The molecule has 0 heterocycles. The minimum atomic E-state index is -0.861. The van der Waals surface area contributed by atoms with Gasteiger partial charge in [0.05, 0.1) is 12.2 Å². The van der Waals surface area contributed by atoms with Crippen molar-refractivity contribution in [2.24, 2.45) is 5.92 Å². The number of unbranched alkanes of at least 4 members (excludes halogenated alkanes) is 1. The number of carbonyl (C=O) groups is 1. The highest BCUT2D eigenvalue weighted by Gasteiger charge is 2.25. The van der Waals surface area contributed by atoms with E-state index >= 15 is 0 Å². The molecule has 0 aromatic heterocycles. The number of carbonyl (C=O) groups excluding carboxylic acids is 1. The van der Waals surface area contributed by atoms with Crippen LogP contribution in [0.15, 0.2) is 66.7 Å². The molecule has 0 amide bonds. The predicted molar refractivity (Wildman–Crippen MR) is 146 cm³/mol. The smallest absolute Gasteiger partial charge is 0.311 e. The predicted octanol–water partition coefficient (Wildman–Crippen LogP) is 5.97. The molecule has 2 aromatic carbocycles. The minimum Gasteiger partial charge on any atom is -0.427 e. The molecule has 1 saturated carbocycles. The van der Waals surface area contributed by atoms with Crippen LogP contribution >= 0.6 is 0 Å². The molecule has 0 spiro atoms. The monoisotopic (exact) mass is 527 g/mol. The molecule has 0 bridgehead atoms. The van der Waals surface area contributed by atoms with Gasteiger partial charge in [0.15, 0.2) is 0 Å². The second-order valence-electron chi connectivity index (χ2n) is 9.59. The maximum absolute atomic E-state index is 11.6. The Bertz CT molecular complexity index is 980. The van der Waals surface area contributed by atoms with Crippen molar-refractivity contribution in [2.75, 3.05) is 0 Å². The van der Waals surface area contributed by atoms with E-state index in [1.165, 1.54) is 5.56 Å². The molecule has 3 rings (SSSR count). The summed E-state index contributed by atoms with van der Waals surface area (Å²) in [7, 11) is 0. The van der Waals surface area contributed by atoms with Crippen LogP contribution in [0.3, 0.4) is 0 Å². The lowest BCUT2D eigenvalue weighted by Crippen LogP contribution is -2.16. The maximum Gasteiger partial charge on any atom is 0.311 e. The summed E-state index contributed by atoms with van der Waals surface area (Å²) in [6.45, 7) is 1.76. The van der Waals surface area contributed by atoms with Crippen molar-refractivity contribution in [3.05, 3.63) is 88.0 Å². The van der Waals surface area contributed by atoms with Crippen LogP contribution in [0.1, 0.15) is 75.8 Å². The van der Waals surface area contributed by atoms with Crippen LogP contribution in [-0.2, 0) is 22.7 Å². The molecular formula is C30H41NO7. The van der Waals surface area contributed by atoms with Gasteiger partial charge in [-0.15, -0.1) is 10.1 Å². The van der Waals surface area contributed by atoms with E-state index in [1.54, 1.807) is 24.3 Å². The minimum absolute atomic E-state index is 0.119. The fourth-order valence-electron chi connectivity index (χ4n) is 4.42. The number of nitrogens with zero attached hydrogens (tertiary/aromatic N) is 1. The molecule has 38 heavy (non-hydrogen) atoms. The van der Waals surface area contributed by atoms with E-state index in [4.69, 9.17) is 4.74 Å². The van der Waals surface area contributed by atoms with Gasteiger partial charge >= 0.3 is 5.97 Å². The van der Waals surface area contributed by atoms with Crippen molar-refractivity contribution < 1.29 is 29.7 Å². The number of aliphatic hydroxyl groups is 2. The van der Waals surface area contributed by atoms with Gasteiger partial charge in [0.1, 0.15) is 12.4 Å². The van der Waals surface area contributed by atoms with Gasteiger partial charge < -0.3 is 19.8 Å². The van der Waals surface area contributed by atoms with Crippen molar-refractivity contribution in [1.82, 2.24) is 0 Å². The van der Waals surface area contributed by atoms with Crippen molar-refractivity contribution in [2.45, 2.75) is 89.9 Å². The van der Waals surface area contributed by atoms with E-state index < -0.39 is 5.09 Å². The maximum atomic E-state index is 11.6. The second-order valence-corrected chi connectivity index (χ2v) is 9.59. The molecule has 1 unspecified atom stereocenters. The average Bonchev–Trinajstić information content (AvgIpc) is 3.33. The second kappa shape index (κ2) is 18.1. The summed E-state index contributed by atoms with van der Waals surface area (Å²) in [5, 5.41) is 28.9. The van der Waals surface area contributed by atoms with Gasteiger partial charge in [0, 0.05) is 6.42 Å². The van der Waals surface area contributed by atoms with Crippen LogP contribution < -0.4 is 4.74 Å². The summed E-state index contributed by atoms with van der Waals surface area (Å²) in [6.07, 6.45) is 12.3. The molecule has 0 saturated heterocycles. The number of esters is 1. The highest BCUT2D eigenvalue weighted by molar-refractivity contribution is 5.72. The summed E-state index contributed by atoms with van der Waals surface area (Å²) in [5.74, 6) is 0.476. The number of ether oxygens (including phenoxy) is 1. The van der Waals surface area contributed by atoms with Gasteiger partial charge in [0.25, 0.3) is 5.09 Å². The van der Waals surface area contributed by atoms with Crippen LogP contribution in [0.4, 0.5) is 0 Å². The van der Waals surface area contributed by atoms with Crippen LogP contribution in [0.5, 0.6) is 5.75 Å². The standard InChI is InChI=1S/C16H24O2.C14H17NO5/c17-15(11-9-13-5-2-1-3-6-13)12-10-14-7-4-8-16(14)18;1-2-3-4-5-9-14(16)20-13-8-6-7-12(10-13)11-19-15(17)18/h1-3,5-6,14-18H,4,7-12H2;2-3,6-8,10H,4-5,9,11H2,1H3/b;3-2-/t14?,15-,16+;/m0./s1. The molecule has 208 valence electrons. The number of hydrogen-bond donors (Lipinski definition) is 2. The number of aryl methyl sites for hydroxylation is 1. The lowest BCUT2D eigenvalue weighted by Gasteiger charge is -2.16. The first-order chi connectivity index (χ1) is 18.4. The van der Waals surface area contributed by atoms with Crippen LogP contribution in [0.25, 0.3) is 0 Å². The van der Waals surface area contributed by atoms with E-state index in [9.17, 15) is 25.1 Å². The zero-order chi connectivity index (χ0) is 27.6. The van der Waals surface area contributed by atoms with E-state index in [0.717, 1.165) is 57.8 Å². The van der Waals surface area contributed by atoms with E-state index in [0.29, 0.717) is 23.7 Å². The van der Waals surface area contributed by atoms with Crippen molar-refractivity contribution in [3.8, 4) is 5.75 Å². The Morgan fingerprint density at radius 2 is 1.89 bits per heavy atom. The molecule has 1 aliphatic rings. The van der Waals surface area contributed by atoms with Gasteiger partial charge in [-0.2, -0.15) is 0 Å². The van der Waals surface area contributed by atoms with Crippen LogP contribution in [0.2, 0.25) is 0 Å². The van der Waals surface area contributed by atoms with Gasteiger partial charge in [0.2, 0.25) is 0 Å². The van der Waals surface area contributed by atoms with Gasteiger partial charge in [-0.25, -0.2) is 0 Å². The number of aliphatic hydroxyl groups excluding tert-OH is 2. The third-order valence-corrected chi connectivity index (χ3v) is 6.55. The first-order valence-corrected chi connectivity index (χ1v) is 13.5. The zero-order valence-corrected chi connectivity index (χ0v) is 22.2. The Morgan fingerprint density at radius 1 is 1.13 bits per heavy atom. The highest BCUT2D eigenvalue weighted by Crippen LogP contribution is 2.30. The Labute approximate surface area is 225 Å². The number of rotatable bonds is 14. The largest absolute Gasteiger partial charge is 0.427 e. The lowest BCUT2D eigenvalue weighted by molar-refractivity contribution is -0.763. The van der Waals surface area contributed by atoms with Gasteiger partial charge in [-0.05, 0) is 87.5 Å². The Kier molecular flexibility index (Phi) is 14.8. The van der Waals surface area contributed by atoms with Crippen LogP contribution in [0, 0.1) is 16.0 Å². The summed E-state index contributed by atoms with van der Waals surface area (Å²) in [4.78, 5) is 25.9. The van der Waals surface area contributed by atoms with Crippen molar-refractivity contribution in [3.63, 3.8) is 0 Å². The highest BCUT2D eigenvalue weighted by atomic mass is 16.9. The molecule has 0 aliphatic heterocycles. The van der Waals surface area contributed by atoms with Crippen molar-refractivity contribution in [1.29, 1.82) is 0 Å². The third-order valence-electron chi connectivity index (χ3n) is 6.55. The SMILES string of the molecule is C/C=C\CCCC(=O)Oc1cccc(CO[N+](=O)[O-])c1.O[C@@H](CCc1ccccc1)CCC1CCC[C@H]1O. The Hall–Kier alpha value is -3.23. The summed E-state index contributed by atoms with van der Waals surface area (Å²) < 4.78 is 5.15. The Balaban J connectivity index is 0.000000268. The first kappa shape index (κ1) is 31.0. The number of benzene rings is 2. The summed E-state index contributed by atoms with van der Waals surface area (Å²) in [6, 6.07) is 16.8. The van der Waals surface area contributed by atoms with Gasteiger partial charge in [-0.3, -0.25) is 4.79 Å². The molecule has 8 heteroatoms. The normalized spacial score (nSPS) is 17.4. The zero-order valence-electron chi connectivity index (χ0n) is 22.2. The average molecular weight is 528 g/mol. The molecule has 8 nitrogen and oxygen atoms in total. The first-order valence-electron chi connectivity index (χ1n) is 13.5. The van der Waals surface area contributed by atoms with Crippen LogP contribution in [-0.4, -0.2) is 33.5 Å². The molecule has 2 aromatic rings. The molecule has 2 N–H and O–H groups in total. The van der Waals surface area contributed by atoms with E-state index in [-0.39, 0.29) is 24.8 Å². The molecule has 0 radical (unpaired) electrons. The summed E-state index contributed by atoms with van der Waals surface area (Å²) >= 11 is 0. The molecule has 3 atom stereocenters. The van der Waals surface area contributed by atoms with E-state index in [1.807, 2.05) is 37.3 Å². The third kappa shape index (κ3) is 13.4. The van der Waals surface area contributed by atoms with E-state index in [2.05, 4.69) is 17.0 Å². The lowest BCUT2D eigenvalue weighted by atomic mass is 9.95. The molecular weight excluding hydrogens is 486 g/mol. The topological polar surface area (TPSA) is 119 Å². The molecule has 1 fully saturated rings. The molecule has 1 aliphatic carbocycles. The van der Waals surface area contributed by atoms with Gasteiger partial charge in [-0.1, -0.05) is 61.0 Å². The number of hydrogen-bond acceptors (Lipinski definition) is 7. The fourth-order valence-corrected chi connectivity index (χ4v) is 4.42.